The van der Waals surface area contributed by atoms with Crippen molar-refractivity contribution in [2.75, 3.05) is 19.7 Å². The van der Waals surface area contributed by atoms with Crippen LogP contribution in [-0.4, -0.2) is 53.8 Å². The van der Waals surface area contributed by atoms with Gasteiger partial charge < -0.3 is 19.5 Å². The summed E-state index contributed by atoms with van der Waals surface area (Å²) in [6, 6.07) is 13.5. The number of nitrogens with zero attached hydrogens (tertiary/aromatic N) is 1. The Morgan fingerprint density at radius 2 is 2.00 bits per heavy atom. The standard InChI is InChI=1S/C18H19NO5/c1-12(17(20)19-9-10-23-16(11-19)18(21)22)24-15-8-4-6-13-5-2-3-7-14(13)15/h2-8,12,16H,9-11H2,1H3,(H,21,22). The zero-order chi connectivity index (χ0) is 17.1. The number of aliphatic carboxylic acids is 1. The second-order valence-electron chi connectivity index (χ2n) is 5.72. The van der Waals surface area contributed by atoms with E-state index in [9.17, 15) is 9.59 Å². The van der Waals surface area contributed by atoms with E-state index in [0.717, 1.165) is 10.8 Å². The third kappa shape index (κ3) is 3.33. The van der Waals surface area contributed by atoms with Crippen molar-refractivity contribution < 1.29 is 24.2 Å². The Hall–Kier alpha value is -2.60. The second kappa shape index (κ2) is 6.88. The highest BCUT2D eigenvalue weighted by Crippen LogP contribution is 2.26. The van der Waals surface area contributed by atoms with Gasteiger partial charge in [0.1, 0.15) is 5.75 Å². The molecule has 1 N–H and O–H groups in total. The molecule has 0 bridgehead atoms. The maximum Gasteiger partial charge on any atom is 0.334 e. The summed E-state index contributed by atoms with van der Waals surface area (Å²) < 4.78 is 11.0. The van der Waals surface area contributed by atoms with E-state index >= 15 is 0 Å². The summed E-state index contributed by atoms with van der Waals surface area (Å²) in [5, 5.41) is 11.0. The minimum Gasteiger partial charge on any atom is -0.480 e. The third-order valence-electron chi connectivity index (χ3n) is 4.05. The van der Waals surface area contributed by atoms with Gasteiger partial charge in [-0.3, -0.25) is 4.79 Å². The number of morpholine rings is 1. The molecule has 0 radical (unpaired) electrons. The lowest BCUT2D eigenvalue weighted by atomic mass is 10.1. The summed E-state index contributed by atoms with van der Waals surface area (Å²) in [5.74, 6) is -0.662. The molecule has 1 saturated heterocycles. The molecule has 1 fully saturated rings. The second-order valence-corrected chi connectivity index (χ2v) is 5.72. The van der Waals surface area contributed by atoms with Crippen molar-refractivity contribution in [2.45, 2.75) is 19.1 Å². The number of amides is 1. The van der Waals surface area contributed by atoms with Crippen LogP contribution in [0.2, 0.25) is 0 Å². The topological polar surface area (TPSA) is 76.1 Å². The van der Waals surface area contributed by atoms with Crippen LogP contribution in [0.5, 0.6) is 5.75 Å². The van der Waals surface area contributed by atoms with Crippen molar-refractivity contribution in [2.24, 2.45) is 0 Å². The molecule has 126 valence electrons. The van der Waals surface area contributed by atoms with Crippen LogP contribution in [-0.2, 0) is 14.3 Å². The van der Waals surface area contributed by atoms with Crippen LogP contribution in [0, 0.1) is 0 Å². The molecule has 0 aliphatic carbocycles. The van der Waals surface area contributed by atoms with Gasteiger partial charge in [0.05, 0.1) is 13.2 Å². The lowest BCUT2D eigenvalue weighted by Crippen LogP contribution is -2.51. The molecule has 1 aliphatic heterocycles. The van der Waals surface area contributed by atoms with E-state index in [2.05, 4.69) is 0 Å². The van der Waals surface area contributed by atoms with Crippen molar-refractivity contribution in [1.29, 1.82) is 0 Å². The fraction of sp³-hybridized carbons (Fsp3) is 0.333. The van der Waals surface area contributed by atoms with E-state index in [-0.39, 0.29) is 19.1 Å². The zero-order valence-electron chi connectivity index (χ0n) is 13.3. The van der Waals surface area contributed by atoms with Crippen molar-refractivity contribution in [3.63, 3.8) is 0 Å². The summed E-state index contributed by atoms with van der Waals surface area (Å²) >= 11 is 0. The number of rotatable bonds is 4. The fourth-order valence-corrected chi connectivity index (χ4v) is 2.80. The highest BCUT2D eigenvalue weighted by Gasteiger charge is 2.31. The SMILES string of the molecule is CC(Oc1cccc2ccccc12)C(=O)N1CCOC(C(=O)O)C1. The van der Waals surface area contributed by atoms with Gasteiger partial charge in [-0.2, -0.15) is 0 Å². The number of hydrogen-bond donors (Lipinski definition) is 1. The first-order valence-electron chi connectivity index (χ1n) is 7.84. The smallest absolute Gasteiger partial charge is 0.334 e. The Balaban J connectivity index is 1.73. The summed E-state index contributed by atoms with van der Waals surface area (Å²) in [6.45, 7) is 2.29. The van der Waals surface area contributed by atoms with Crippen molar-refractivity contribution in [1.82, 2.24) is 4.90 Å². The van der Waals surface area contributed by atoms with Crippen LogP contribution in [0.25, 0.3) is 10.8 Å². The van der Waals surface area contributed by atoms with E-state index in [0.29, 0.717) is 12.3 Å². The molecule has 1 aliphatic rings. The van der Waals surface area contributed by atoms with Crippen LogP contribution in [0.3, 0.4) is 0 Å². The molecule has 0 spiro atoms. The Morgan fingerprint density at radius 3 is 2.79 bits per heavy atom. The molecular formula is C18H19NO5. The number of benzene rings is 2. The molecule has 0 saturated carbocycles. The van der Waals surface area contributed by atoms with Gasteiger partial charge in [-0.15, -0.1) is 0 Å². The Morgan fingerprint density at radius 1 is 1.25 bits per heavy atom. The molecule has 3 rings (SSSR count). The Bertz CT molecular complexity index is 755. The zero-order valence-corrected chi connectivity index (χ0v) is 13.3. The summed E-state index contributed by atoms with van der Waals surface area (Å²) in [5.41, 5.74) is 0. The highest BCUT2D eigenvalue weighted by molar-refractivity contribution is 5.89. The average molecular weight is 329 g/mol. The highest BCUT2D eigenvalue weighted by atomic mass is 16.5. The first-order chi connectivity index (χ1) is 11.6. The number of carboxylic acids is 1. The van der Waals surface area contributed by atoms with Gasteiger partial charge in [-0.25, -0.2) is 4.79 Å². The Labute approximate surface area is 139 Å². The number of carboxylic acid groups (broad SMARTS) is 1. The minimum atomic E-state index is -1.06. The van der Waals surface area contributed by atoms with Crippen LogP contribution in [0.4, 0.5) is 0 Å². The molecule has 6 heteroatoms. The minimum absolute atomic E-state index is 0.0391. The van der Waals surface area contributed by atoms with E-state index in [1.165, 1.54) is 4.90 Å². The molecule has 0 aromatic heterocycles. The first kappa shape index (κ1) is 16.3. The van der Waals surface area contributed by atoms with Gasteiger partial charge in [-0.05, 0) is 18.4 Å². The summed E-state index contributed by atoms with van der Waals surface area (Å²) in [6.07, 6.45) is -1.68. The molecular weight excluding hydrogens is 310 g/mol. The van der Waals surface area contributed by atoms with Crippen molar-refractivity contribution in [3.8, 4) is 5.75 Å². The van der Waals surface area contributed by atoms with E-state index < -0.39 is 18.2 Å². The van der Waals surface area contributed by atoms with Gasteiger partial charge in [0, 0.05) is 11.9 Å². The van der Waals surface area contributed by atoms with E-state index in [4.69, 9.17) is 14.6 Å². The number of carbonyl (C=O) groups excluding carboxylic acids is 1. The molecule has 2 unspecified atom stereocenters. The van der Waals surface area contributed by atoms with Crippen LogP contribution >= 0.6 is 0 Å². The Kier molecular flexibility index (Phi) is 4.66. The fourth-order valence-electron chi connectivity index (χ4n) is 2.80. The molecule has 2 aromatic carbocycles. The maximum absolute atomic E-state index is 12.6. The lowest BCUT2D eigenvalue weighted by Gasteiger charge is -2.32. The monoisotopic (exact) mass is 329 g/mol. The van der Waals surface area contributed by atoms with Crippen LogP contribution < -0.4 is 4.74 Å². The molecule has 2 aromatic rings. The van der Waals surface area contributed by atoms with Gasteiger partial charge in [0.2, 0.25) is 0 Å². The summed E-state index contributed by atoms with van der Waals surface area (Å²) in [4.78, 5) is 25.1. The summed E-state index contributed by atoms with van der Waals surface area (Å²) in [7, 11) is 0. The van der Waals surface area contributed by atoms with Crippen LogP contribution in [0.15, 0.2) is 42.5 Å². The van der Waals surface area contributed by atoms with Crippen molar-refractivity contribution in [3.05, 3.63) is 42.5 Å². The average Bonchev–Trinajstić information content (AvgIpc) is 2.61. The van der Waals surface area contributed by atoms with Crippen LogP contribution in [0.1, 0.15) is 6.92 Å². The quantitative estimate of drug-likeness (QED) is 0.927. The van der Waals surface area contributed by atoms with Gasteiger partial charge in [-0.1, -0.05) is 36.4 Å². The number of ether oxygens (including phenoxy) is 2. The third-order valence-corrected chi connectivity index (χ3v) is 4.05. The van der Waals surface area contributed by atoms with E-state index in [1.807, 2.05) is 42.5 Å². The predicted molar refractivity (Wildman–Crippen MR) is 88.0 cm³/mol. The van der Waals surface area contributed by atoms with Crippen molar-refractivity contribution >= 4 is 22.6 Å². The molecule has 2 atom stereocenters. The normalized spacial score (nSPS) is 19.0. The van der Waals surface area contributed by atoms with E-state index in [1.54, 1.807) is 6.92 Å². The number of carbonyl (C=O) groups is 2. The molecule has 1 heterocycles. The maximum atomic E-state index is 12.6. The number of hydrogen-bond acceptors (Lipinski definition) is 4. The lowest BCUT2D eigenvalue weighted by molar-refractivity contribution is -0.161. The first-order valence-corrected chi connectivity index (χ1v) is 7.84. The van der Waals surface area contributed by atoms with Gasteiger partial charge >= 0.3 is 5.97 Å². The van der Waals surface area contributed by atoms with Gasteiger partial charge in [0.25, 0.3) is 5.91 Å². The van der Waals surface area contributed by atoms with Gasteiger partial charge in [0.15, 0.2) is 12.2 Å². The molecule has 24 heavy (non-hydrogen) atoms. The molecule has 6 nitrogen and oxygen atoms in total. The predicted octanol–water partition coefficient (Wildman–Crippen LogP) is 1.92. The largest absolute Gasteiger partial charge is 0.480 e. The number of fused-ring (bicyclic) bond motifs is 1. The molecule has 1 amide bonds.